The molecule has 3 rings (SSSR count). The summed E-state index contributed by atoms with van der Waals surface area (Å²) in [6.07, 6.45) is -0.595. The van der Waals surface area contributed by atoms with Crippen molar-refractivity contribution in [1.29, 1.82) is 0 Å². The van der Waals surface area contributed by atoms with E-state index in [1.54, 1.807) is 11.3 Å². The highest BCUT2D eigenvalue weighted by molar-refractivity contribution is 7.89. The van der Waals surface area contributed by atoms with Crippen molar-refractivity contribution < 1.29 is 35.6 Å². The second-order valence-corrected chi connectivity index (χ2v) is 12.9. The molecule has 39 heavy (non-hydrogen) atoms. The quantitative estimate of drug-likeness (QED) is 0.238. The Labute approximate surface area is 229 Å². The molecule has 0 saturated carbocycles. The first kappa shape index (κ1) is 31.0. The molecule has 0 saturated heterocycles. The molecule has 1 aliphatic rings. The van der Waals surface area contributed by atoms with Gasteiger partial charge in [0.15, 0.2) is 0 Å². The summed E-state index contributed by atoms with van der Waals surface area (Å²) in [5, 5.41) is 5.55. The van der Waals surface area contributed by atoms with Crippen LogP contribution < -0.4 is 15.4 Å². The van der Waals surface area contributed by atoms with E-state index in [2.05, 4.69) is 21.4 Å². The molecular formula is C26H33F4N3O4S2. The molecule has 13 heteroatoms. The third-order valence-electron chi connectivity index (χ3n) is 6.22. The highest BCUT2D eigenvalue weighted by atomic mass is 32.2. The van der Waals surface area contributed by atoms with Crippen molar-refractivity contribution in [3.63, 3.8) is 0 Å². The van der Waals surface area contributed by atoms with Crippen LogP contribution in [0.4, 0.5) is 17.6 Å². The largest absolute Gasteiger partial charge is 0.417 e. The molecule has 2 aromatic rings. The Morgan fingerprint density at radius 1 is 1.08 bits per heavy atom. The Bertz CT molecular complexity index is 1250. The number of hydrogen-bond acceptors (Lipinski definition) is 5. The number of benzene rings is 1. The van der Waals surface area contributed by atoms with Crippen LogP contribution in [0.5, 0.6) is 0 Å². The van der Waals surface area contributed by atoms with Crippen LogP contribution in [0.25, 0.3) is 0 Å². The van der Waals surface area contributed by atoms with Gasteiger partial charge in [-0.2, -0.15) is 13.2 Å². The Morgan fingerprint density at radius 3 is 2.46 bits per heavy atom. The molecule has 0 unspecified atom stereocenters. The van der Waals surface area contributed by atoms with Crippen LogP contribution in [0.3, 0.4) is 0 Å². The van der Waals surface area contributed by atoms with Crippen LogP contribution in [0.1, 0.15) is 60.4 Å². The summed E-state index contributed by atoms with van der Waals surface area (Å²) >= 11 is 1.64. The van der Waals surface area contributed by atoms with Gasteiger partial charge in [-0.1, -0.05) is 13.8 Å². The van der Waals surface area contributed by atoms with E-state index in [1.807, 2.05) is 13.8 Å². The van der Waals surface area contributed by atoms with Crippen molar-refractivity contribution >= 4 is 33.2 Å². The molecule has 0 bridgehead atoms. The Balaban J connectivity index is 1.45. The monoisotopic (exact) mass is 591 g/mol. The zero-order valence-electron chi connectivity index (χ0n) is 21.8. The third kappa shape index (κ3) is 9.00. The first-order valence-corrected chi connectivity index (χ1v) is 15.1. The summed E-state index contributed by atoms with van der Waals surface area (Å²) in [6.45, 7) is 3.89. The first-order valence-electron chi connectivity index (χ1n) is 12.8. The minimum absolute atomic E-state index is 0.142. The number of rotatable bonds is 13. The smallest absolute Gasteiger partial charge is 0.354 e. The molecule has 0 fully saturated rings. The normalized spacial score (nSPS) is 14.3. The third-order valence-corrected chi connectivity index (χ3v) is 8.98. The van der Waals surface area contributed by atoms with Crippen LogP contribution in [0.2, 0.25) is 0 Å². The van der Waals surface area contributed by atoms with Gasteiger partial charge in [-0.15, -0.1) is 11.3 Å². The summed E-state index contributed by atoms with van der Waals surface area (Å²) in [5.41, 5.74) is -0.274. The van der Waals surface area contributed by atoms with Gasteiger partial charge in [-0.25, -0.2) is 17.5 Å². The standard InChI is InChI=1S/C26H33F4N3O4S2/c1-16(2)12-21(33-24(34)15-19-13-17-6-5-7-22(17)38-19)25(35)31-10-3-4-11-32-39(36,37)23-9-8-18(27)14-20(23)26(28,29)30/h8-9,13-14,16,21,32H,3-7,10-12,15H2,1-2H3,(H,31,35)(H,33,34)/t21-/m0/s1. The maximum absolute atomic E-state index is 13.3. The van der Waals surface area contributed by atoms with Crippen LogP contribution in [0, 0.1) is 11.7 Å². The SMILES string of the molecule is CC(C)C[C@H](NC(=O)Cc1cc2c(s1)CCC2)C(=O)NCCCCNS(=O)(=O)c1ccc(F)cc1C(F)(F)F. The number of nitrogens with one attached hydrogen (secondary N) is 3. The van der Waals surface area contributed by atoms with E-state index in [0.29, 0.717) is 25.0 Å². The maximum Gasteiger partial charge on any atom is 0.417 e. The summed E-state index contributed by atoms with van der Waals surface area (Å²) in [5.74, 6) is -1.63. The number of carbonyl (C=O) groups excluding carboxylic acids is 2. The lowest BCUT2D eigenvalue weighted by molar-refractivity contribution is -0.140. The molecule has 216 valence electrons. The molecule has 1 heterocycles. The highest BCUT2D eigenvalue weighted by Crippen LogP contribution is 2.34. The van der Waals surface area contributed by atoms with Crippen LogP contribution in [-0.4, -0.2) is 39.4 Å². The van der Waals surface area contributed by atoms with Gasteiger partial charge in [0, 0.05) is 22.8 Å². The number of thiophene rings is 1. The molecule has 0 radical (unpaired) electrons. The molecular weight excluding hydrogens is 558 g/mol. The molecule has 1 aliphatic carbocycles. The van der Waals surface area contributed by atoms with E-state index in [9.17, 15) is 35.6 Å². The van der Waals surface area contributed by atoms with E-state index in [0.717, 1.165) is 24.1 Å². The Hall–Kier alpha value is -2.51. The molecule has 7 nitrogen and oxygen atoms in total. The fourth-order valence-electron chi connectivity index (χ4n) is 4.41. The zero-order valence-corrected chi connectivity index (χ0v) is 23.4. The Kier molecular flexibility index (Phi) is 10.5. The fourth-order valence-corrected chi connectivity index (χ4v) is 6.95. The number of fused-ring (bicyclic) bond motifs is 1. The summed E-state index contributed by atoms with van der Waals surface area (Å²) in [4.78, 5) is 26.6. The van der Waals surface area contributed by atoms with Crippen LogP contribution >= 0.6 is 11.3 Å². The number of carbonyl (C=O) groups is 2. The second-order valence-electron chi connectivity index (χ2n) is 9.98. The van der Waals surface area contributed by atoms with Crippen LogP contribution in [-0.2, 0) is 45.1 Å². The van der Waals surface area contributed by atoms with Gasteiger partial charge in [0.25, 0.3) is 0 Å². The van der Waals surface area contributed by atoms with Crippen molar-refractivity contribution in [2.75, 3.05) is 13.1 Å². The predicted octanol–water partition coefficient (Wildman–Crippen LogP) is 4.34. The number of aryl methyl sites for hydroxylation is 2. The van der Waals surface area contributed by atoms with E-state index >= 15 is 0 Å². The molecule has 1 aromatic heterocycles. The molecule has 2 amide bonds. The van der Waals surface area contributed by atoms with Gasteiger partial charge < -0.3 is 10.6 Å². The minimum atomic E-state index is -5.04. The molecule has 1 aromatic carbocycles. The van der Waals surface area contributed by atoms with Crippen molar-refractivity contribution in [3.8, 4) is 0 Å². The van der Waals surface area contributed by atoms with Crippen LogP contribution in [0.15, 0.2) is 29.2 Å². The van der Waals surface area contributed by atoms with Gasteiger partial charge in [0.2, 0.25) is 21.8 Å². The first-order chi connectivity index (χ1) is 18.3. The van der Waals surface area contributed by atoms with Gasteiger partial charge in [-0.3, -0.25) is 9.59 Å². The van der Waals surface area contributed by atoms with Crippen molar-refractivity contribution in [1.82, 2.24) is 15.4 Å². The lowest BCUT2D eigenvalue weighted by Crippen LogP contribution is -2.48. The summed E-state index contributed by atoms with van der Waals surface area (Å²) in [6, 6.07) is 2.72. The molecule has 1 atom stereocenters. The van der Waals surface area contributed by atoms with E-state index in [-0.39, 0.29) is 49.7 Å². The van der Waals surface area contributed by atoms with Gasteiger partial charge in [-0.05, 0) is 74.3 Å². The minimum Gasteiger partial charge on any atom is -0.354 e. The van der Waals surface area contributed by atoms with Crippen molar-refractivity contribution in [3.05, 3.63) is 51.0 Å². The predicted molar refractivity (Wildman–Crippen MR) is 140 cm³/mol. The second kappa shape index (κ2) is 13.2. The number of unbranched alkanes of at least 4 members (excludes halogenated alkanes) is 1. The average Bonchev–Trinajstić information content (AvgIpc) is 3.41. The van der Waals surface area contributed by atoms with Gasteiger partial charge >= 0.3 is 6.18 Å². The maximum atomic E-state index is 13.3. The summed E-state index contributed by atoms with van der Waals surface area (Å²) in [7, 11) is -4.53. The molecule has 0 aliphatic heterocycles. The number of alkyl halides is 3. The van der Waals surface area contributed by atoms with E-state index < -0.39 is 38.5 Å². The lowest BCUT2D eigenvalue weighted by Gasteiger charge is -2.20. The molecule has 3 N–H and O–H groups in total. The lowest BCUT2D eigenvalue weighted by atomic mass is 10.0. The highest BCUT2D eigenvalue weighted by Gasteiger charge is 2.37. The van der Waals surface area contributed by atoms with Crippen molar-refractivity contribution in [2.45, 2.75) is 75.9 Å². The number of sulfonamides is 1. The van der Waals surface area contributed by atoms with Crippen molar-refractivity contribution in [2.24, 2.45) is 5.92 Å². The van der Waals surface area contributed by atoms with E-state index in [1.165, 1.54) is 10.4 Å². The van der Waals surface area contributed by atoms with E-state index in [4.69, 9.17) is 0 Å². The summed E-state index contributed by atoms with van der Waals surface area (Å²) < 4.78 is 79.6. The Morgan fingerprint density at radius 2 is 1.79 bits per heavy atom. The van der Waals surface area contributed by atoms with Gasteiger partial charge in [0.1, 0.15) is 11.9 Å². The van der Waals surface area contributed by atoms with Gasteiger partial charge in [0.05, 0.1) is 16.9 Å². The number of halogens is 4. The number of hydrogen-bond donors (Lipinski definition) is 3. The zero-order chi connectivity index (χ0) is 28.8. The fraction of sp³-hybridized carbons (Fsp3) is 0.538. The number of amides is 2. The topological polar surface area (TPSA) is 104 Å². The average molecular weight is 592 g/mol. The molecule has 0 spiro atoms.